The highest BCUT2D eigenvalue weighted by atomic mass is 19.1. The second kappa shape index (κ2) is 5.40. The van der Waals surface area contributed by atoms with Gasteiger partial charge in [-0.3, -0.25) is 0 Å². The van der Waals surface area contributed by atoms with Gasteiger partial charge < -0.3 is 9.94 Å². The van der Waals surface area contributed by atoms with Crippen molar-refractivity contribution in [1.29, 1.82) is 0 Å². The van der Waals surface area contributed by atoms with Gasteiger partial charge in [0.05, 0.1) is 0 Å². The molecule has 1 N–H and O–H groups in total. The zero-order valence-electron chi connectivity index (χ0n) is 11.5. The van der Waals surface area contributed by atoms with Crippen LogP contribution < -0.4 is 0 Å². The highest BCUT2D eigenvalue weighted by molar-refractivity contribution is 6.18. The molecule has 0 radical (unpaired) electrons. The quantitative estimate of drug-likeness (QED) is 0.857. The maximum Gasteiger partial charge on any atom is 0.123 e. The SMILES string of the molecule is CO/N=C1/C(=C/c2ccc(F)cc2)Cc2ccc(O)cc21. The van der Waals surface area contributed by atoms with Crippen molar-refractivity contribution in [1.82, 2.24) is 0 Å². The minimum atomic E-state index is -0.262. The van der Waals surface area contributed by atoms with Crippen LogP contribution in [-0.4, -0.2) is 17.9 Å². The summed E-state index contributed by atoms with van der Waals surface area (Å²) in [6.07, 6.45) is 2.66. The largest absolute Gasteiger partial charge is 0.508 e. The fourth-order valence-corrected chi connectivity index (χ4v) is 2.48. The van der Waals surface area contributed by atoms with E-state index in [2.05, 4.69) is 5.16 Å². The van der Waals surface area contributed by atoms with Gasteiger partial charge in [-0.25, -0.2) is 4.39 Å². The molecule has 2 aromatic rings. The summed E-state index contributed by atoms with van der Waals surface area (Å²) in [5.74, 6) is -0.0665. The van der Waals surface area contributed by atoms with Crippen LogP contribution in [0.25, 0.3) is 6.08 Å². The number of phenols is 1. The van der Waals surface area contributed by atoms with Crippen LogP contribution >= 0.6 is 0 Å². The summed E-state index contributed by atoms with van der Waals surface area (Å²) in [4.78, 5) is 4.92. The zero-order chi connectivity index (χ0) is 14.8. The van der Waals surface area contributed by atoms with Crippen LogP contribution in [0, 0.1) is 5.82 Å². The van der Waals surface area contributed by atoms with E-state index >= 15 is 0 Å². The third kappa shape index (κ3) is 2.65. The molecule has 0 atom stereocenters. The predicted octanol–water partition coefficient (Wildman–Crippen LogP) is 3.52. The molecule has 3 nitrogen and oxygen atoms in total. The maximum atomic E-state index is 13.0. The van der Waals surface area contributed by atoms with Crippen molar-refractivity contribution in [2.24, 2.45) is 5.16 Å². The van der Waals surface area contributed by atoms with Gasteiger partial charge in [-0.05, 0) is 47.0 Å². The Morgan fingerprint density at radius 2 is 1.95 bits per heavy atom. The summed E-state index contributed by atoms with van der Waals surface area (Å²) in [6, 6.07) is 11.5. The predicted molar refractivity (Wildman–Crippen MR) is 79.7 cm³/mol. The Kier molecular flexibility index (Phi) is 3.44. The lowest BCUT2D eigenvalue weighted by Crippen LogP contribution is -1.99. The first kappa shape index (κ1) is 13.4. The van der Waals surface area contributed by atoms with E-state index in [-0.39, 0.29) is 11.6 Å². The number of phenolic OH excluding ortho intramolecular Hbond substituents is 1. The Bertz CT molecular complexity index is 733. The second-order valence-electron chi connectivity index (χ2n) is 4.86. The molecule has 3 rings (SSSR count). The molecule has 0 spiro atoms. The van der Waals surface area contributed by atoms with Gasteiger partial charge in [0, 0.05) is 12.0 Å². The molecule has 0 saturated carbocycles. The molecule has 1 aliphatic rings. The summed E-state index contributed by atoms with van der Waals surface area (Å²) in [5, 5.41) is 13.7. The van der Waals surface area contributed by atoms with Crippen molar-refractivity contribution in [3.63, 3.8) is 0 Å². The fourth-order valence-electron chi connectivity index (χ4n) is 2.48. The molecule has 0 heterocycles. The minimum Gasteiger partial charge on any atom is -0.508 e. The lowest BCUT2D eigenvalue weighted by atomic mass is 10.1. The first-order valence-corrected chi connectivity index (χ1v) is 6.57. The topological polar surface area (TPSA) is 41.8 Å². The first-order valence-electron chi connectivity index (χ1n) is 6.57. The summed E-state index contributed by atoms with van der Waals surface area (Å²) in [6.45, 7) is 0. The number of fused-ring (bicyclic) bond motifs is 1. The molecule has 1 aliphatic carbocycles. The first-order chi connectivity index (χ1) is 10.2. The number of allylic oxidation sites excluding steroid dienone is 1. The van der Waals surface area contributed by atoms with Gasteiger partial charge in [0.1, 0.15) is 24.4 Å². The second-order valence-corrected chi connectivity index (χ2v) is 4.86. The summed E-state index contributed by atoms with van der Waals surface area (Å²) >= 11 is 0. The molecule has 0 fully saturated rings. The molecule has 0 bridgehead atoms. The molecule has 106 valence electrons. The van der Waals surface area contributed by atoms with Gasteiger partial charge in [-0.15, -0.1) is 0 Å². The van der Waals surface area contributed by atoms with Gasteiger partial charge in [0.25, 0.3) is 0 Å². The third-order valence-electron chi connectivity index (χ3n) is 3.43. The molecular formula is C17H14FNO2. The Labute approximate surface area is 122 Å². The van der Waals surface area contributed by atoms with Crippen LogP contribution in [-0.2, 0) is 11.3 Å². The summed E-state index contributed by atoms with van der Waals surface area (Å²) in [7, 11) is 1.49. The molecule has 0 amide bonds. The number of benzene rings is 2. The molecule has 0 unspecified atom stereocenters. The molecule has 2 aromatic carbocycles. The van der Waals surface area contributed by atoms with Crippen molar-refractivity contribution in [2.75, 3.05) is 7.11 Å². The summed E-state index contributed by atoms with van der Waals surface area (Å²) in [5.41, 5.74) is 4.52. The third-order valence-corrected chi connectivity index (χ3v) is 3.43. The van der Waals surface area contributed by atoms with E-state index in [1.54, 1.807) is 24.3 Å². The standard InChI is InChI=1S/C17H14FNO2/c1-21-19-17-13(8-11-2-5-14(18)6-3-11)9-12-4-7-15(20)10-16(12)17/h2-8,10,20H,9H2,1H3/b13-8+,19-17-. The van der Waals surface area contributed by atoms with E-state index in [9.17, 15) is 9.50 Å². The zero-order valence-corrected chi connectivity index (χ0v) is 11.5. The number of nitrogens with zero attached hydrogens (tertiary/aromatic N) is 1. The van der Waals surface area contributed by atoms with E-state index in [4.69, 9.17) is 4.84 Å². The number of aromatic hydroxyl groups is 1. The Morgan fingerprint density at radius 3 is 2.67 bits per heavy atom. The van der Waals surface area contributed by atoms with Crippen molar-refractivity contribution >= 4 is 11.8 Å². The highest BCUT2D eigenvalue weighted by Gasteiger charge is 2.24. The van der Waals surface area contributed by atoms with E-state index in [0.29, 0.717) is 12.1 Å². The Hall–Kier alpha value is -2.62. The van der Waals surface area contributed by atoms with Gasteiger partial charge in [-0.2, -0.15) is 0 Å². The average Bonchev–Trinajstić information content (AvgIpc) is 2.79. The van der Waals surface area contributed by atoms with E-state index < -0.39 is 0 Å². The number of rotatable bonds is 2. The molecule has 4 heteroatoms. The van der Waals surface area contributed by atoms with Crippen LogP contribution in [0.1, 0.15) is 16.7 Å². The van der Waals surface area contributed by atoms with Crippen LogP contribution in [0.15, 0.2) is 53.2 Å². The van der Waals surface area contributed by atoms with E-state index in [1.807, 2.05) is 12.1 Å². The average molecular weight is 283 g/mol. The van der Waals surface area contributed by atoms with Crippen LogP contribution in [0.4, 0.5) is 4.39 Å². The monoisotopic (exact) mass is 283 g/mol. The number of oxime groups is 1. The minimum absolute atomic E-state index is 0.195. The van der Waals surface area contributed by atoms with Gasteiger partial charge >= 0.3 is 0 Å². The van der Waals surface area contributed by atoms with Crippen molar-refractivity contribution < 1.29 is 14.3 Å². The van der Waals surface area contributed by atoms with E-state index in [1.165, 1.54) is 19.2 Å². The van der Waals surface area contributed by atoms with Gasteiger partial charge in [0.2, 0.25) is 0 Å². The lowest BCUT2D eigenvalue weighted by molar-refractivity contribution is 0.214. The van der Waals surface area contributed by atoms with Crippen molar-refractivity contribution in [3.8, 4) is 5.75 Å². The smallest absolute Gasteiger partial charge is 0.123 e. The van der Waals surface area contributed by atoms with Crippen LogP contribution in [0.2, 0.25) is 0 Å². The van der Waals surface area contributed by atoms with Crippen LogP contribution in [0.3, 0.4) is 0 Å². The fraction of sp³-hybridized carbons (Fsp3) is 0.118. The normalized spacial score (nSPS) is 17.2. The molecular weight excluding hydrogens is 269 g/mol. The van der Waals surface area contributed by atoms with Crippen molar-refractivity contribution in [2.45, 2.75) is 6.42 Å². The Balaban J connectivity index is 2.04. The highest BCUT2D eigenvalue weighted by Crippen LogP contribution is 2.31. The van der Waals surface area contributed by atoms with E-state index in [0.717, 1.165) is 22.3 Å². The Morgan fingerprint density at radius 1 is 1.19 bits per heavy atom. The molecule has 21 heavy (non-hydrogen) atoms. The molecule has 0 aromatic heterocycles. The molecule has 0 aliphatic heterocycles. The number of hydrogen-bond acceptors (Lipinski definition) is 3. The van der Waals surface area contributed by atoms with Gasteiger partial charge in [0.15, 0.2) is 0 Å². The van der Waals surface area contributed by atoms with Crippen LogP contribution in [0.5, 0.6) is 5.75 Å². The number of hydrogen-bond donors (Lipinski definition) is 1. The number of halogens is 1. The lowest BCUT2D eigenvalue weighted by Gasteiger charge is -2.02. The maximum absolute atomic E-state index is 13.0. The summed E-state index contributed by atoms with van der Waals surface area (Å²) < 4.78 is 13.0. The molecule has 0 saturated heterocycles. The van der Waals surface area contributed by atoms with Crippen molar-refractivity contribution in [3.05, 3.63) is 70.5 Å². The van der Waals surface area contributed by atoms with Gasteiger partial charge in [-0.1, -0.05) is 23.4 Å².